The van der Waals surface area contributed by atoms with Gasteiger partial charge in [-0.2, -0.15) is 9.78 Å². The fourth-order valence-corrected chi connectivity index (χ4v) is 1.72. The highest BCUT2D eigenvalue weighted by atomic mass is 16.2. The predicted molar refractivity (Wildman–Crippen MR) is 59.8 cm³/mol. The van der Waals surface area contributed by atoms with E-state index in [4.69, 9.17) is 0 Å². The standard InChI is InChI=1S/C12H16N2O/c1-7(2)10-5-9-6-11(8(3)4)13-14(9)12(10)15/h5-8H,1-4H3. The Kier molecular flexibility index (Phi) is 2.25. The quantitative estimate of drug-likeness (QED) is 0.742. The van der Waals surface area contributed by atoms with E-state index in [2.05, 4.69) is 18.9 Å². The zero-order valence-electron chi connectivity index (χ0n) is 9.61. The van der Waals surface area contributed by atoms with E-state index in [0.717, 1.165) is 17.0 Å². The third-order valence-corrected chi connectivity index (χ3v) is 2.71. The summed E-state index contributed by atoms with van der Waals surface area (Å²) < 4.78 is 1.52. The van der Waals surface area contributed by atoms with E-state index in [1.165, 1.54) is 4.68 Å². The molecule has 0 atom stereocenters. The lowest BCUT2D eigenvalue weighted by molar-refractivity contribution is 0.0937. The fraction of sp³-hybridized carbons (Fsp3) is 0.500. The van der Waals surface area contributed by atoms with Crippen LogP contribution in [0.4, 0.5) is 0 Å². The highest BCUT2D eigenvalue weighted by Gasteiger charge is 2.26. The molecule has 0 fully saturated rings. The SMILES string of the molecule is CC(C)C1=Cc2cc(C(C)C)nn2C1=O. The van der Waals surface area contributed by atoms with Crippen LogP contribution in [0.5, 0.6) is 0 Å². The number of rotatable bonds is 2. The minimum atomic E-state index is 0.0342. The molecule has 0 aromatic carbocycles. The van der Waals surface area contributed by atoms with E-state index >= 15 is 0 Å². The van der Waals surface area contributed by atoms with Gasteiger partial charge in [-0.15, -0.1) is 0 Å². The van der Waals surface area contributed by atoms with Gasteiger partial charge in [0.25, 0.3) is 5.91 Å². The predicted octanol–water partition coefficient (Wildman–Crippen LogP) is 2.70. The van der Waals surface area contributed by atoms with Gasteiger partial charge in [-0.1, -0.05) is 27.7 Å². The molecule has 1 aliphatic heterocycles. The first kappa shape index (κ1) is 10.1. The summed E-state index contributed by atoms with van der Waals surface area (Å²) in [5.74, 6) is 0.667. The van der Waals surface area contributed by atoms with Crippen molar-refractivity contribution in [3.63, 3.8) is 0 Å². The van der Waals surface area contributed by atoms with Gasteiger partial charge in [-0.25, -0.2) is 0 Å². The number of nitrogens with zero attached hydrogens (tertiary/aromatic N) is 2. The Morgan fingerprint density at radius 2 is 1.87 bits per heavy atom. The highest BCUT2D eigenvalue weighted by Crippen LogP contribution is 2.26. The van der Waals surface area contributed by atoms with Gasteiger partial charge in [-0.05, 0) is 24.0 Å². The molecule has 80 valence electrons. The monoisotopic (exact) mass is 204 g/mol. The second kappa shape index (κ2) is 3.33. The zero-order valence-corrected chi connectivity index (χ0v) is 9.61. The molecule has 1 aliphatic rings. The number of hydrogen-bond donors (Lipinski definition) is 0. The van der Waals surface area contributed by atoms with E-state index in [-0.39, 0.29) is 11.8 Å². The molecule has 0 saturated heterocycles. The Morgan fingerprint density at radius 3 is 2.33 bits per heavy atom. The van der Waals surface area contributed by atoms with Crippen molar-refractivity contribution in [2.75, 3.05) is 0 Å². The molecule has 0 bridgehead atoms. The molecule has 3 heteroatoms. The lowest BCUT2D eigenvalue weighted by Gasteiger charge is -2.04. The third-order valence-electron chi connectivity index (χ3n) is 2.71. The highest BCUT2D eigenvalue weighted by molar-refractivity contribution is 6.04. The molecule has 1 aromatic heterocycles. The van der Waals surface area contributed by atoms with Crippen LogP contribution < -0.4 is 0 Å². The van der Waals surface area contributed by atoms with Crippen LogP contribution in [-0.2, 0) is 0 Å². The van der Waals surface area contributed by atoms with Crippen molar-refractivity contribution >= 4 is 12.0 Å². The van der Waals surface area contributed by atoms with Crippen LogP contribution in [-0.4, -0.2) is 15.7 Å². The molecular formula is C12H16N2O. The second-order valence-corrected chi connectivity index (χ2v) is 4.62. The molecule has 2 rings (SSSR count). The van der Waals surface area contributed by atoms with Crippen LogP contribution in [0.2, 0.25) is 0 Å². The third kappa shape index (κ3) is 1.52. The van der Waals surface area contributed by atoms with Gasteiger partial charge in [0.05, 0.1) is 11.4 Å². The number of allylic oxidation sites excluding steroid dienone is 1. The van der Waals surface area contributed by atoms with Crippen molar-refractivity contribution in [1.29, 1.82) is 0 Å². The zero-order chi connectivity index (χ0) is 11.2. The summed E-state index contributed by atoms with van der Waals surface area (Å²) in [5.41, 5.74) is 2.76. The molecule has 2 heterocycles. The van der Waals surface area contributed by atoms with Gasteiger partial charge < -0.3 is 0 Å². The van der Waals surface area contributed by atoms with Gasteiger partial charge >= 0.3 is 0 Å². The average molecular weight is 204 g/mol. The van der Waals surface area contributed by atoms with Crippen LogP contribution in [0.3, 0.4) is 0 Å². The van der Waals surface area contributed by atoms with E-state index in [1.807, 2.05) is 26.0 Å². The molecule has 0 radical (unpaired) electrons. The average Bonchev–Trinajstić information content (AvgIpc) is 2.65. The van der Waals surface area contributed by atoms with E-state index < -0.39 is 0 Å². The van der Waals surface area contributed by atoms with Crippen molar-refractivity contribution < 1.29 is 4.79 Å². The Balaban J connectivity index is 2.42. The van der Waals surface area contributed by atoms with Crippen molar-refractivity contribution in [3.8, 4) is 0 Å². The van der Waals surface area contributed by atoms with Gasteiger partial charge in [0, 0.05) is 5.57 Å². The Labute approximate surface area is 89.8 Å². The van der Waals surface area contributed by atoms with E-state index in [0.29, 0.717) is 5.92 Å². The van der Waals surface area contributed by atoms with Crippen LogP contribution >= 0.6 is 0 Å². The fourth-order valence-electron chi connectivity index (χ4n) is 1.72. The van der Waals surface area contributed by atoms with Crippen LogP contribution in [0, 0.1) is 5.92 Å². The summed E-state index contributed by atoms with van der Waals surface area (Å²) >= 11 is 0. The maximum absolute atomic E-state index is 11.9. The molecule has 1 aromatic rings. The molecule has 0 N–H and O–H groups in total. The van der Waals surface area contributed by atoms with Gasteiger partial charge in [-0.3, -0.25) is 4.79 Å². The second-order valence-electron chi connectivity index (χ2n) is 4.62. The molecule has 0 spiro atoms. The Hall–Kier alpha value is -1.38. The van der Waals surface area contributed by atoms with E-state index in [9.17, 15) is 4.79 Å². The lowest BCUT2D eigenvalue weighted by Crippen LogP contribution is -2.14. The summed E-state index contributed by atoms with van der Waals surface area (Å²) in [7, 11) is 0. The number of carbonyl (C=O) groups is 1. The molecule has 3 nitrogen and oxygen atoms in total. The molecular weight excluding hydrogens is 188 g/mol. The first-order valence-electron chi connectivity index (χ1n) is 5.37. The van der Waals surface area contributed by atoms with Crippen LogP contribution in [0.15, 0.2) is 11.6 Å². The Morgan fingerprint density at radius 1 is 1.20 bits per heavy atom. The number of fused-ring (bicyclic) bond motifs is 1. The number of aromatic nitrogens is 2. The summed E-state index contributed by atoms with van der Waals surface area (Å²) in [6, 6.07) is 2.00. The summed E-state index contributed by atoms with van der Waals surface area (Å²) in [4.78, 5) is 11.9. The van der Waals surface area contributed by atoms with Gasteiger partial charge in [0.1, 0.15) is 0 Å². The molecule has 0 saturated carbocycles. The smallest absolute Gasteiger partial charge is 0.267 e. The van der Waals surface area contributed by atoms with E-state index in [1.54, 1.807) is 0 Å². The number of hydrogen-bond acceptors (Lipinski definition) is 2. The van der Waals surface area contributed by atoms with Crippen molar-refractivity contribution in [1.82, 2.24) is 9.78 Å². The molecule has 15 heavy (non-hydrogen) atoms. The first-order chi connectivity index (χ1) is 7.00. The van der Waals surface area contributed by atoms with Crippen molar-refractivity contribution in [2.24, 2.45) is 5.92 Å². The minimum Gasteiger partial charge on any atom is -0.267 e. The largest absolute Gasteiger partial charge is 0.274 e. The van der Waals surface area contributed by atoms with Crippen molar-refractivity contribution in [3.05, 3.63) is 23.0 Å². The first-order valence-corrected chi connectivity index (χ1v) is 5.37. The maximum Gasteiger partial charge on any atom is 0.274 e. The maximum atomic E-state index is 11.9. The summed E-state index contributed by atoms with van der Waals surface area (Å²) in [6.07, 6.45) is 1.95. The summed E-state index contributed by atoms with van der Waals surface area (Å²) in [5, 5.41) is 4.32. The van der Waals surface area contributed by atoms with Gasteiger partial charge in [0.15, 0.2) is 0 Å². The minimum absolute atomic E-state index is 0.0342. The molecule has 0 aliphatic carbocycles. The van der Waals surface area contributed by atoms with Crippen molar-refractivity contribution in [2.45, 2.75) is 33.6 Å². The summed E-state index contributed by atoms with van der Waals surface area (Å²) in [6.45, 7) is 8.21. The van der Waals surface area contributed by atoms with Crippen LogP contribution in [0.1, 0.15) is 49.8 Å². The molecule has 0 amide bonds. The molecule has 0 unspecified atom stereocenters. The van der Waals surface area contributed by atoms with Crippen LogP contribution in [0.25, 0.3) is 6.08 Å². The number of carbonyl (C=O) groups excluding carboxylic acids is 1. The normalized spacial score (nSPS) is 15.1. The van der Waals surface area contributed by atoms with Gasteiger partial charge in [0.2, 0.25) is 0 Å². The topological polar surface area (TPSA) is 34.9 Å². The lowest BCUT2D eigenvalue weighted by atomic mass is 10.0. The Bertz CT molecular complexity index is 438.